The summed E-state index contributed by atoms with van der Waals surface area (Å²) in [6, 6.07) is 6.48. The number of rotatable bonds is 5. The molecule has 138 valence electrons. The lowest BCUT2D eigenvalue weighted by molar-refractivity contribution is -0.0946. The molecule has 0 unspecified atom stereocenters. The highest BCUT2D eigenvalue weighted by Crippen LogP contribution is 2.38. The van der Waals surface area contributed by atoms with Crippen LogP contribution in [0.1, 0.15) is 55.2 Å². The van der Waals surface area contributed by atoms with Crippen LogP contribution in [-0.4, -0.2) is 6.18 Å². The summed E-state index contributed by atoms with van der Waals surface area (Å²) in [5, 5.41) is 0. The minimum Gasteiger partial charge on any atom is -0.166 e. The van der Waals surface area contributed by atoms with Crippen molar-refractivity contribution in [2.24, 2.45) is 0 Å². The SMILES string of the molecule is C=C(CCC(=C)c1ccc2c(c1)CCCC2)C1=C(C(F)(F)F)CCC=C1. The zero-order valence-electron chi connectivity index (χ0n) is 15.1. The van der Waals surface area contributed by atoms with Crippen LogP contribution in [0.4, 0.5) is 13.2 Å². The molecule has 0 spiro atoms. The Morgan fingerprint density at radius 3 is 2.35 bits per heavy atom. The van der Waals surface area contributed by atoms with Gasteiger partial charge in [0.1, 0.15) is 0 Å². The lowest BCUT2D eigenvalue weighted by atomic mass is 9.87. The molecule has 0 N–H and O–H groups in total. The fraction of sp³-hybridized carbons (Fsp3) is 0.391. The average Bonchev–Trinajstić information content (AvgIpc) is 2.64. The quantitative estimate of drug-likeness (QED) is 0.525. The van der Waals surface area contributed by atoms with Crippen LogP contribution in [0.2, 0.25) is 0 Å². The van der Waals surface area contributed by atoms with Crippen LogP contribution in [0.25, 0.3) is 5.57 Å². The molecule has 0 heterocycles. The maximum Gasteiger partial charge on any atom is 0.413 e. The van der Waals surface area contributed by atoms with Crippen molar-refractivity contribution in [1.29, 1.82) is 0 Å². The molecule has 2 aliphatic rings. The molecule has 0 amide bonds. The van der Waals surface area contributed by atoms with E-state index in [2.05, 4.69) is 31.4 Å². The van der Waals surface area contributed by atoms with Gasteiger partial charge in [-0.3, -0.25) is 0 Å². The van der Waals surface area contributed by atoms with E-state index in [9.17, 15) is 13.2 Å². The van der Waals surface area contributed by atoms with Crippen molar-refractivity contribution in [3.05, 3.63) is 76.9 Å². The largest absolute Gasteiger partial charge is 0.413 e. The summed E-state index contributed by atoms with van der Waals surface area (Å²) in [5.41, 5.74) is 5.26. The first-order chi connectivity index (χ1) is 12.4. The van der Waals surface area contributed by atoms with Gasteiger partial charge in [0.05, 0.1) is 0 Å². The van der Waals surface area contributed by atoms with Gasteiger partial charge in [-0.05, 0) is 84.8 Å². The second kappa shape index (κ2) is 7.69. The Hall–Kier alpha value is -2.03. The third-order valence-electron chi connectivity index (χ3n) is 5.38. The van der Waals surface area contributed by atoms with Gasteiger partial charge in [-0.1, -0.05) is 43.5 Å². The number of allylic oxidation sites excluding steroid dienone is 6. The van der Waals surface area contributed by atoms with Crippen molar-refractivity contribution < 1.29 is 13.2 Å². The van der Waals surface area contributed by atoms with Crippen LogP contribution in [0.3, 0.4) is 0 Å². The van der Waals surface area contributed by atoms with E-state index in [0.717, 1.165) is 24.0 Å². The Balaban J connectivity index is 1.68. The normalized spacial score (nSPS) is 17.2. The van der Waals surface area contributed by atoms with Crippen LogP contribution in [-0.2, 0) is 12.8 Å². The van der Waals surface area contributed by atoms with E-state index in [4.69, 9.17) is 0 Å². The van der Waals surface area contributed by atoms with Crippen molar-refractivity contribution in [2.75, 3.05) is 0 Å². The summed E-state index contributed by atoms with van der Waals surface area (Å²) < 4.78 is 39.7. The molecule has 0 aliphatic heterocycles. The molecule has 0 radical (unpaired) electrons. The molecule has 3 rings (SSSR count). The number of fused-ring (bicyclic) bond motifs is 1. The molecule has 1 aromatic rings. The van der Waals surface area contributed by atoms with E-state index in [1.807, 2.05) is 0 Å². The van der Waals surface area contributed by atoms with Gasteiger partial charge in [0.2, 0.25) is 0 Å². The van der Waals surface area contributed by atoms with Crippen LogP contribution < -0.4 is 0 Å². The average molecular weight is 358 g/mol. The maximum atomic E-state index is 13.2. The first-order valence-corrected chi connectivity index (χ1v) is 9.31. The summed E-state index contributed by atoms with van der Waals surface area (Å²) >= 11 is 0. The number of benzene rings is 1. The molecular formula is C23H25F3. The van der Waals surface area contributed by atoms with Crippen LogP contribution in [0.15, 0.2) is 60.2 Å². The minimum atomic E-state index is -4.28. The van der Waals surface area contributed by atoms with Crippen molar-refractivity contribution in [3.8, 4) is 0 Å². The van der Waals surface area contributed by atoms with Crippen molar-refractivity contribution in [3.63, 3.8) is 0 Å². The van der Waals surface area contributed by atoms with Crippen molar-refractivity contribution in [2.45, 2.75) is 57.5 Å². The van der Waals surface area contributed by atoms with Gasteiger partial charge in [-0.2, -0.15) is 13.2 Å². The highest BCUT2D eigenvalue weighted by molar-refractivity contribution is 5.65. The van der Waals surface area contributed by atoms with E-state index in [0.29, 0.717) is 24.8 Å². The van der Waals surface area contributed by atoms with Gasteiger partial charge >= 0.3 is 6.18 Å². The van der Waals surface area contributed by atoms with Crippen molar-refractivity contribution in [1.82, 2.24) is 0 Å². The predicted molar refractivity (Wildman–Crippen MR) is 102 cm³/mol. The Morgan fingerprint density at radius 1 is 0.923 bits per heavy atom. The molecule has 26 heavy (non-hydrogen) atoms. The summed E-state index contributed by atoms with van der Waals surface area (Å²) in [6.45, 7) is 8.09. The van der Waals surface area contributed by atoms with Gasteiger partial charge in [0.15, 0.2) is 0 Å². The van der Waals surface area contributed by atoms with Gasteiger partial charge in [0, 0.05) is 5.57 Å². The zero-order chi connectivity index (χ0) is 18.7. The molecule has 0 saturated heterocycles. The van der Waals surface area contributed by atoms with Crippen LogP contribution in [0, 0.1) is 0 Å². The Morgan fingerprint density at radius 2 is 1.62 bits per heavy atom. The zero-order valence-corrected chi connectivity index (χ0v) is 15.1. The summed E-state index contributed by atoms with van der Waals surface area (Å²) in [5.74, 6) is 0. The number of halogens is 3. The first kappa shape index (κ1) is 18.8. The summed E-state index contributed by atoms with van der Waals surface area (Å²) in [4.78, 5) is 0. The third kappa shape index (κ3) is 4.20. The molecule has 0 atom stereocenters. The summed E-state index contributed by atoms with van der Waals surface area (Å²) in [6.07, 6.45) is 5.42. The molecular weight excluding hydrogens is 333 g/mol. The fourth-order valence-electron chi connectivity index (χ4n) is 3.82. The number of hydrogen-bond donors (Lipinski definition) is 0. The van der Waals surface area contributed by atoms with Gasteiger partial charge in [0.25, 0.3) is 0 Å². The predicted octanol–water partition coefficient (Wildman–Crippen LogP) is 7.12. The standard InChI is InChI=1S/C23H25F3/c1-16(19-14-13-18-7-3-4-8-20(18)15-19)11-12-17(2)21-9-5-6-10-22(21)23(24,25)26/h5,9,13-15H,1-4,6-8,10-12H2. The minimum absolute atomic E-state index is 0.0418. The Kier molecular flexibility index (Phi) is 5.55. The van der Waals surface area contributed by atoms with E-state index in [1.54, 1.807) is 12.2 Å². The lowest BCUT2D eigenvalue weighted by Crippen LogP contribution is -2.16. The monoisotopic (exact) mass is 358 g/mol. The Labute approximate surface area is 153 Å². The smallest absolute Gasteiger partial charge is 0.166 e. The molecule has 2 aliphatic carbocycles. The van der Waals surface area contributed by atoms with Crippen LogP contribution in [0.5, 0.6) is 0 Å². The highest BCUT2D eigenvalue weighted by atomic mass is 19.4. The highest BCUT2D eigenvalue weighted by Gasteiger charge is 2.36. The third-order valence-corrected chi connectivity index (χ3v) is 5.38. The second-order valence-electron chi connectivity index (χ2n) is 7.23. The number of aryl methyl sites for hydroxylation is 2. The summed E-state index contributed by atoms with van der Waals surface area (Å²) in [7, 11) is 0. The maximum absolute atomic E-state index is 13.2. The van der Waals surface area contributed by atoms with Gasteiger partial charge < -0.3 is 0 Å². The Bertz CT molecular complexity index is 775. The number of alkyl halides is 3. The molecule has 0 saturated carbocycles. The van der Waals surface area contributed by atoms with Crippen LogP contribution >= 0.6 is 0 Å². The topological polar surface area (TPSA) is 0 Å². The van der Waals surface area contributed by atoms with E-state index >= 15 is 0 Å². The van der Waals surface area contributed by atoms with Gasteiger partial charge in [-0.15, -0.1) is 0 Å². The molecule has 0 aromatic heterocycles. The van der Waals surface area contributed by atoms with E-state index < -0.39 is 11.7 Å². The van der Waals surface area contributed by atoms with Gasteiger partial charge in [-0.25, -0.2) is 0 Å². The molecule has 0 bridgehead atoms. The molecule has 3 heteroatoms. The number of hydrogen-bond acceptors (Lipinski definition) is 0. The molecule has 0 nitrogen and oxygen atoms in total. The fourth-order valence-corrected chi connectivity index (χ4v) is 3.82. The first-order valence-electron chi connectivity index (χ1n) is 9.31. The molecule has 0 fully saturated rings. The van der Waals surface area contributed by atoms with Crippen molar-refractivity contribution >= 4 is 5.57 Å². The van der Waals surface area contributed by atoms with E-state index in [1.165, 1.54) is 24.0 Å². The lowest BCUT2D eigenvalue weighted by Gasteiger charge is -2.21. The van der Waals surface area contributed by atoms with E-state index in [-0.39, 0.29) is 12.0 Å². The molecule has 1 aromatic carbocycles. The second-order valence-corrected chi connectivity index (χ2v) is 7.23.